The second-order valence-electron chi connectivity index (χ2n) is 11.3. The first-order chi connectivity index (χ1) is 22.2. The number of anilines is 1. The third-order valence-corrected chi connectivity index (χ3v) is 8.93. The first-order valence-electron chi connectivity index (χ1n) is 14.9. The van der Waals surface area contributed by atoms with E-state index in [-0.39, 0.29) is 50.4 Å². The minimum Gasteiger partial charge on any atom is -0.496 e. The minimum absolute atomic E-state index is 0.112. The minimum atomic E-state index is -0.577. The number of hydrogen-bond donors (Lipinski definition) is 3. The van der Waals surface area contributed by atoms with Crippen LogP contribution in [0, 0.1) is 6.92 Å². The smallest absolute Gasteiger partial charge is 0.258 e. The fourth-order valence-electron chi connectivity index (χ4n) is 5.76. The van der Waals surface area contributed by atoms with Gasteiger partial charge in [0.15, 0.2) is 23.2 Å². The Kier molecular flexibility index (Phi) is 8.84. The molecule has 9 rings (SSSR count). The highest BCUT2D eigenvalue weighted by atomic mass is 32.1. The van der Waals surface area contributed by atoms with E-state index in [0.717, 1.165) is 26.9 Å². The topological polar surface area (TPSA) is 154 Å². The Morgan fingerprint density at radius 2 is 1.85 bits per heavy atom. The van der Waals surface area contributed by atoms with Crippen LogP contribution < -0.4 is 35.3 Å². The summed E-state index contributed by atoms with van der Waals surface area (Å²) in [4.78, 5) is 45.6. The molecule has 3 amide bonds. The van der Waals surface area contributed by atoms with Gasteiger partial charge in [-0.05, 0) is 60.9 Å². The van der Waals surface area contributed by atoms with Gasteiger partial charge >= 0.3 is 0 Å². The number of methoxy groups -OCH3 is 2. The van der Waals surface area contributed by atoms with Gasteiger partial charge in [-0.25, -0.2) is 4.98 Å². The number of carbonyl (C=O) groups excluding carboxylic acids is 3. The lowest BCUT2D eigenvalue weighted by molar-refractivity contribution is -0.124. The Hall–Kier alpha value is -5.04. The van der Waals surface area contributed by atoms with E-state index in [2.05, 4.69) is 15.6 Å². The van der Waals surface area contributed by atoms with Crippen LogP contribution in [-0.4, -0.2) is 73.7 Å². The highest BCUT2D eigenvalue weighted by Crippen LogP contribution is 2.31. The molecule has 0 radical (unpaired) electrons. The molecule has 0 unspecified atom stereocenters. The van der Waals surface area contributed by atoms with Gasteiger partial charge in [-0.1, -0.05) is 17.4 Å². The Balaban J connectivity index is 1.28. The van der Waals surface area contributed by atoms with Gasteiger partial charge < -0.3 is 40.2 Å². The maximum absolute atomic E-state index is 13.8. The largest absolute Gasteiger partial charge is 0.496 e. The first kappa shape index (κ1) is 31.0. The lowest BCUT2D eigenvalue weighted by atomic mass is 10.1. The molecule has 5 aliphatic heterocycles. The monoisotopic (exact) mass is 645 g/mol. The average Bonchev–Trinajstić information content (AvgIpc) is 3.63. The molecule has 1 saturated heterocycles. The zero-order valence-electron chi connectivity index (χ0n) is 25.8. The number of hydrogen-bond acceptors (Lipinski definition) is 10. The molecule has 4 N–H and O–H groups in total. The van der Waals surface area contributed by atoms with Crippen LogP contribution in [0.3, 0.4) is 0 Å². The van der Waals surface area contributed by atoms with Crippen molar-refractivity contribution >= 4 is 44.4 Å². The van der Waals surface area contributed by atoms with Gasteiger partial charge in [0.2, 0.25) is 5.91 Å². The second-order valence-corrected chi connectivity index (χ2v) is 12.3. The number of nitrogens with one attached hydrogen (secondary N) is 2. The van der Waals surface area contributed by atoms with Gasteiger partial charge in [-0.2, -0.15) is 0 Å². The first-order valence-corrected chi connectivity index (χ1v) is 15.7. The number of amides is 3. The number of thiazole rings is 1. The number of rotatable bonds is 3. The van der Waals surface area contributed by atoms with Crippen LogP contribution in [0.5, 0.6) is 23.0 Å². The fourth-order valence-corrected chi connectivity index (χ4v) is 6.61. The van der Waals surface area contributed by atoms with Crippen LogP contribution in [0.4, 0.5) is 5.13 Å². The maximum Gasteiger partial charge on any atom is 0.258 e. The summed E-state index contributed by atoms with van der Waals surface area (Å²) in [7, 11) is 3.07. The van der Waals surface area contributed by atoms with Crippen LogP contribution >= 0.6 is 11.3 Å². The molecule has 2 atom stereocenters. The van der Waals surface area contributed by atoms with E-state index < -0.39 is 12.1 Å². The normalized spacial score (nSPS) is 18.7. The van der Waals surface area contributed by atoms with Crippen molar-refractivity contribution in [3.8, 4) is 23.0 Å². The number of nitrogen functional groups attached to an aromatic ring is 1. The number of ether oxygens (including phenoxy) is 4. The number of benzene rings is 3. The van der Waals surface area contributed by atoms with Crippen molar-refractivity contribution in [2.45, 2.75) is 38.5 Å². The van der Waals surface area contributed by atoms with E-state index in [1.165, 1.54) is 18.4 Å². The van der Waals surface area contributed by atoms with E-state index in [0.29, 0.717) is 40.1 Å². The van der Waals surface area contributed by atoms with Crippen molar-refractivity contribution in [2.75, 3.05) is 39.6 Å². The summed E-state index contributed by atoms with van der Waals surface area (Å²) in [6.07, 6.45) is 0.197. The van der Waals surface area contributed by atoms with E-state index >= 15 is 0 Å². The summed E-state index contributed by atoms with van der Waals surface area (Å²) in [5.74, 6) is 1.21. The van der Waals surface area contributed by atoms with Crippen LogP contribution in [0.1, 0.15) is 33.5 Å². The van der Waals surface area contributed by atoms with Crippen molar-refractivity contribution in [3.05, 3.63) is 70.8 Å². The predicted molar refractivity (Wildman–Crippen MR) is 173 cm³/mol. The highest BCUT2D eigenvalue weighted by Gasteiger charge is 2.38. The third kappa shape index (κ3) is 6.64. The summed E-state index contributed by atoms with van der Waals surface area (Å²) >= 11 is 1.33. The molecular weight excluding hydrogens is 610 g/mol. The summed E-state index contributed by atoms with van der Waals surface area (Å²) in [6.45, 7) is 2.34. The van der Waals surface area contributed by atoms with Crippen molar-refractivity contribution in [2.24, 2.45) is 0 Å². The number of carbonyl (C=O) groups is 3. The summed E-state index contributed by atoms with van der Waals surface area (Å²) in [5, 5.41) is 6.40. The molecule has 4 aromatic rings. The Bertz CT molecular complexity index is 1810. The number of fused-ring (bicyclic) bond motifs is 1. The number of likely N-dealkylation sites (tertiary alicyclic amines) is 1. The van der Waals surface area contributed by atoms with Crippen molar-refractivity contribution in [3.63, 3.8) is 0 Å². The zero-order chi connectivity index (χ0) is 32.4. The van der Waals surface area contributed by atoms with Crippen molar-refractivity contribution in [1.82, 2.24) is 20.5 Å². The summed E-state index contributed by atoms with van der Waals surface area (Å²) in [6, 6.07) is 13.8. The summed E-state index contributed by atoms with van der Waals surface area (Å²) < 4.78 is 24.1. The fraction of sp³-hybridized carbons (Fsp3) is 0.333. The van der Waals surface area contributed by atoms with E-state index in [1.54, 1.807) is 48.4 Å². The van der Waals surface area contributed by atoms with Crippen LogP contribution in [-0.2, 0) is 22.6 Å². The molecule has 0 saturated carbocycles. The Labute approximate surface area is 269 Å². The highest BCUT2D eigenvalue weighted by molar-refractivity contribution is 7.22. The van der Waals surface area contributed by atoms with E-state index in [4.69, 9.17) is 24.7 Å². The number of nitrogens with two attached hydrogens (primary N) is 1. The Morgan fingerprint density at radius 1 is 1.02 bits per heavy atom. The molecule has 12 nitrogen and oxygen atoms in total. The van der Waals surface area contributed by atoms with Gasteiger partial charge in [0.1, 0.15) is 17.6 Å². The number of aryl methyl sites for hydroxylation is 2. The van der Waals surface area contributed by atoms with Gasteiger partial charge in [-0.15, -0.1) is 0 Å². The lowest BCUT2D eigenvalue weighted by Gasteiger charge is -2.22. The molecule has 6 heterocycles. The molecule has 13 heteroatoms. The zero-order valence-corrected chi connectivity index (χ0v) is 26.6. The maximum atomic E-state index is 13.8. The third-order valence-electron chi connectivity index (χ3n) is 8.10. The molecule has 0 spiro atoms. The molecule has 4 bridgehead atoms. The van der Waals surface area contributed by atoms with Gasteiger partial charge in [-0.3, -0.25) is 14.4 Å². The molecule has 3 aromatic carbocycles. The molecule has 0 aliphatic carbocycles. The van der Waals surface area contributed by atoms with Crippen LogP contribution in [0.2, 0.25) is 0 Å². The lowest BCUT2D eigenvalue weighted by Crippen LogP contribution is -2.46. The van der Waals surface area contributed by atoms with Gasteiger partial charge in [0, 0.05) is 36.7 Å². The van der Waals surface area contributed by atoms with Gasteiger partial charge in [0.25, 0.3) is 11.8 Å². The second kappa shape index (κ2) is 13.1. The van der Waals surface area contributed by atoms with Crippen molar-refractivity contribution < 1.29 is 33.3 Å². The predicted octanol–water partition coefficient (Wildman–Crippen LogP) is 3.23. The molecular formula is C33H35N5O7S. The Morgan fingerprint density at radius 3 is 2.65 bits per heavy atom. The molecule has 5 aliphatic rings. The van der Waals surface area contributed by atoms with Crippen LogP contribution in [0.25, 0.3) is 10.2 Å². The van der Waals surface area contributed by atoms with Crippen LogP contribution in [0.15, 0.2) is 48.5 Å². The molecule has 46 heavy (non-hydrogen) atoms. The summed E-state index contributed by atoms with van der Waals surface area (Å²) in [5.41, 5.74) is 9.73. The van der Waals surface area contributed by atoms with Crippen molar-refractivity contribution in [1.29, 1.82) is 0 Å². The molecule has 1 fully saturated rings. The van der Waals surface area contributed by atoms with E-state index in [9.17, 15) is 14.4 Å². The number of nitrogens with zero attached hydrogens (tertiary/aromatic N) is 2. The number of aromatic nitrogens is 1. The van der Waals surface area contributed by atoms with Gasteiger partial charge in [0.05, 0.1) is 37.0 Å². The molecule has 240 valence electrons. The van der Waals surface area contributed by atoms with E-state index in [1.807, 2.05) is 19.1 Å². The standard InChI is InChI=1S/C33H35N5O7S/c1-18-10-21(12-28-31(18)37-33(34)46-28)32(41)38-15-23-27(16-38)45-22-7-6-20(25(13-22)42-2)14-35-29(39)9-5-19-4-8-24(26(11-19)43-3)44-17-30(40)36-23/h4,6-8,10-13,23,27H,5,9,14-17H2,1-3H3,(H2,34,37)(H,35,39)(H,36,40)/t23-,27-/m1/s1. The quantitative estimate of drug-likeness (QED) is 0.305. The SMILES string of the molecule is COc1cc2ccc1CNC(=O)CCc1ccc(c(OC)c1)OCC(=O)N[C@@H]1CN(C(=O)c3cc(C)c4nc(N)sc4c3)C[C@H]1O2. The molecule has 1 aromatic heterocycles. The average molecular weight is 646 g/mol.